The summed E-state index contributed by atoms with van der Waals surface area (Å²) in [6.45, 7) is 2.68. The normalized spacial score (nSPS) is 22.4. The molecule has 4 aromatic carbocycles. The number of nitrogens with one attached hydrogen (secondary N) is 3. The van der Waals surface area contributed by atoms with Crippen molar-refractivity contribution in [2.45, 2.75) is 44.0 Å². The number of nitro groups is 1. The minimum Gasteiger partial charge on any atom is -0.465 e. The Morgan fingerprint density at radius 2 is 1.71 bits per heavy atom. The summed E-state index contributed by atoms with van der Waals surface area (Å²) >= 11 is 0. The van der Waals surface area contributed by atoms with Gasteiger partial charge in [-0.15, -0.1) is 0 Å². The van der Waals surface area contributed by atoms with Crippen LogP contribution in [-0.4, -0.2) is 57.5 Å². The van der Waals surface area contributed by atoms with Crippen molar-refractivity contribution in [2.75, 3.05) is 19.5 Å². The molecule has 0 spiro atoms. The second kappa shape index (κ2) is 10.8. The van der Waals surface area contributed by atoms with Crippen LogP contribution in [0.15, 0.2) is 72.8 Å². The predicted octanol–water partition coefficient (Wildman–Crippen LogP) is 6.04. The van der Waals surface area contributed by atoms with Crippen molar-refractivity contribution in [3.05, 3.63) is 94.0 Å². The maximum Gasteiger partial charge on any atom is 0.409 e. The number of methoxy groups -OCH3 is 1. The van der Waals surface area contributed by atoms with E-state index in [1.807, 2.05) is 7.05 Å². The molecule has 3 aliphatic heterocycles. The molecule has 6 aromatic rings. The first-order valence-corrected chi connectivity index (χ1v) is 15.6. The number of nitro benzene ring substituents is 1. The van der Waals surface area contributed by atoms with Crippen LogP contribution < -0.4 is 16.0 Å². The van der Waals surface area contributed by atoms with E-state index in [0.717, 1.165) is 61.2 Å². The van der Waals surface area contributed by atoms with Gasteiger partial charge < -0.3 is 34.3 Å². The first kappa shape index (κ1) is 29.9. The molecule has 4 N–H and O–H groups in total. The second-order valence-corrected chi connectivity index (χ2v) is 12.4. The first-order valence-electron chi connectivity index (χ1n) is 15.6. The average Bonchev–Trinajstić information content (AvgIpc) is 3.72. The van der Waals surface area contributed by atoms with Crippen LogP contribution in [0.4, 0.5) is 16.2 Å². The third-order valence-electron chi connectivity index (χ3n) is 9.93. The second-order valence-electron chi connectivity index (χ2n) is 12.4. The molecule has 13 nitrogen and oxygen atoms in total. The average molecular weight is 649 g/mol. The lowest BCUT2D eigenvalue weighted by molar-refractivity contribution is -0.384. The summed E-state index contributed by atoms with van der Waals surface area (Å²) in [5, 5.41) is 31.6. The van der Waals surface area contributed by atoms with Gasteiger partial charge in [-0.2, -0.15) is 0 Å². The number of hydrogen-bond acceptors (Lipinski definition) is 7. The first-order chi connectivity index (χ1) is 23.2. The van der Waals surface area contributed by atoms with E-state index in [2.05, 4.69) is 80.5 Å². The maximum absolute atomic E-state index is 13.3. The fourth-order valence-electron chi connectivity index (χ4n) is 8.12. The smallest absolute Gasteiger partial charge is 0.409 e. The van der Waals surface area contributed by atoms with Crippen molar-refractivity contribution >= 4 is 67.0 Å². The molecule has 13 heteroatoms. The summed E-state index contributed by atoms with van der Waals surface area (Å²) in [5.41, 5.74) is 5.74. The predicted molar refractivity (Wildman–Crippen MR) is 180 cm³/mol. The van der Waals surface area contributed by atoms with Crippen LogP contribution in [0.25, 0.3) is 43.6 Å². The van der Waals surface area contributed by atoms with E-state index < -0.39 is 16.7 Å². The molecule has 9 rings (SSSR count). The number of amides is 2. The lowest BCUT2D eigenvalue weighted by Crippen LogP contribution is -2.59. The Morgan fingerprint density at radius 3 is 2.35 bits per heavy atom. The number of hydrogen-bond donors (Lipinski definition) is 4. The van der Waals surface area contributed by atoms with Gasteiger partial charge in [0.2, 0.25) is 0 Å². The summed E-state index contributed by atoms with van der Waals surface area (Å²) in [7, 11) is 3.77. The van der Waals surface area contributed by atoms with E-state index in [4.69, 9.17) is 14.6 Å². The summed E-state index contributed by atoms with van der Waals surface area (Å²) in [4.78, 5) is 33.1. The Bertz CT molecular complexity index is 2330. The quantitative estimate of drug-likeness (QED) is 0.133. The van der Waals surface area contributed by atoms with Crippen LogP contribution in [0.1, 0.15) is 35.5 Å². The molecule has 2 bridgehead atoms. The zero-order chi connectivity index (χ0) is 33.5. The van der Waals surface area contributed by atoms with Crippen molar-refractivity contribution in [3.63, 3.8) is 0 Å². The Balaban J connectivity index is 0.000000220. The summed E-state index contributed by atoms with van der Waals surface area (Å²) < 4.78 is 18.0. The number of nitrogens with zero attached hydrogens (tertiary/aromatic N) is 3. The maximum atomic E-state index is 13.3. The van der Waals surface area contributed by atoms with Gasteiger partial charge in [-0.1, -0.05) is 36.4 Å². The van der Waals surface area contributed by atoms with Crippen LogP contribution in [0.3, 0.4) is 0 Å². The van der Waals surface area contributed by atoms with Gasteiger partial charge in [0.15, 0.2) is 5.72 Å². The van der Waals surface area contributed by atoms with Gasteiger partial charge >= 0.3 is 6.09 Å². The molecule has 48 heavy (non-hydrogen) atoms. The van der Waals surface area contributed by atoms with Crippen molar-refractivity contribution in [3.8, 4) is 0 Å². The fourth-order valence-corrected chi connectivity index (χ4v) is 8.12. The van der Waals surface area contributed by atoms with Crippen LogP contribution in [0.5, 0.6) is 0 Å². The number of carboxylic acid groups (broad SMARTS) is 1. The van der Waals surface area contributed by atoms with Crippen molar-refractivity contribution in [1.29, 1.82) is 0 Å². The number of rotatable bonds is 4. The molecule has 0 radical (unpaired) electrons. The molecule has 1 saturated heterocycles. The molecule has 1 fully saturated rings. The molecule has 0 saturated carbocycles. The highest BCUT2D eigenvalue weighted by Crippen LogP contribution is 2.53. The standard InChI is InChI=1S/C28H26N4O3.C7H6N2O4/c1-28-26(34-3)17(29-2)12-20(35-28)31-18-10-6-4-8-14(18)22-23-16(13-30-27(23)33)21-15-9-5-7-11-19(15)32(28)25(21)24(22)31;10-7(11)8-5-1-3-6(4-2-5)9(12)13/h4-11,17,20,26,29H,12-13H2,1-3H3,(H,30,33);1-4,8H,(H,10,11)/t17-,20-,26-,28+;/m0./s1. The van der Waals surface area contributed by atoms with E-state index in [-0.39, 0.29) is 30.0 Å². The largest absolute Gasteiger partial charge is 0.465 e. The number of aromatic nitrogens is 2. The molecular weight excluding hydrogens is 616 g/mol. The third kappa shape index (κ3) is 4.08. The highest BCUT2D eigenvalue weighted by atomic mass is 16.6. The molecule has 244 valence electrons. The number of para-hydroxylation sites is 2. The number of ether oxygens (including phenoxy) is 2. The molecule has 3 aliphatic rings. The number of fused-ring (bicyclic) bond motifs is 13. The topological polar surface area (TPSA) is 162 Å². The minimum absolute atomic E-state index is 0.00357. The monoisotopic (exact) mass is 648 g/mol. The number of carbonyl (C=O) groups is 2. The number of anilines is 1. The number of non-ortho nitro benzene ring substituents is 1. The summed E-state index contributed by atoms with van der Waals surface area (Å²) in [6, 6.07) is 22.1. The van der Waals surface area contributed by atoms with Crippen LogP contribution in [0.2, 0.25) is 0 Å². The van der Waals surface area contributed by atoms with E-state index in [9.17, 15) is 19.7 Å². The highest BCUT2D eigenvalue weighted by Gasteiger charge is 2.53. The molecule has 2 amide bonds. The van der Waals surface area contributed by atoms with Gasteiger partial charge in [0.05, 0.1) is 32.6 Å². The number of benzene rings is 4. The van der Waals surface area contributed by atoms with Gasteiger partial charge in [0.25, 0.3) is 11.6 Å². The highest BCUT2D eigenvalue weighted by molar-refractivity contribution is 6.31. The van der Waals surface area contributed by atoms with Gasteiger partial charge in [0.1, 0.15) is 12.3 Å². The Kier molecular flexibility index (Phi) is 6.70. The van der Waals surface area contributed by atoms with E-state index >= 15 is 0 Å². The zero-order valence-electron chi connectivity index (χ0n) is 26.3. The molecule has 2 aromatic heterocycles. The molecular formula is C35H32N6O7. The Morgan fingerprint density at radius 1 is 1.04 bits per heavy atom. The number of carbonyl (C=O) groups excluding carboxylic acids is 1. The molecule has 4 atom stereocenters. The van der Waals surface area contributed by atoms with E-state index in [1.165, 1.54) is 24.3 Å². The SMILES string of the molecule is CN[C@H]1C[C@@H]2O[C@](C)([C@H]1OC)n1c3ccccc3c3c4c(c5c6ccccc6n2c5c31)C(=O)NC4.O=C(O)Nc1ccc([N+](=O)[O-])cc1. The van der Waals surface area contributed by atoms with Gasteiger partial charge in [-0.05, 0) is 43.8 Å². The van der Waals surface area contributed by atoms with E-state index in [1.54, 1.807) is 7.11 Å². The zero-order valence-corrected chi connectivity index (χ0v) is 26.3. The number of likely N-dealkylation sites (N-methyl/N-ethyl adjacent to an activating group) is 1. The third-order valence-corrected chi connectivity index (χ3v) is 9.93. The molecule has 0 unspecified atom stereocenters. The van der Waals surface area contributed by atoms with Crippen LogP contribution >= 0.6 is 0 Å². The minimum atomic E-state index is -1.20. The Hall–Kier alpha value is -5.50. The van der Waals surface area contributed by atoms with Crippen molar-refractivity contribution in [2.24, 2.45) is 0 Å². The molecule has 5 heterocycles. The summed E-state index contributed by atoms with van der Waals surface area (Å²) in [5.74, 6) is 0.00357. The van der Waals surface area contributed by atoms with Crippen LogP contribution in [-0.2, 0) is 21.7 Å². The van der Waals surface area contributed by atoms with Crippen molar-refractivity contribution < 1.29 is 29.1 Å². The van der Waals surface area contributed by atoms with Crippen LogP contribution in [0, 0.1) is 10.1 Å². The lowest BCUT2D eigenvalue weighted by Gasteiger charge is -2.48. The van der Waals surface area contributed by atoms with Crippen molar-refractivity contribution in [1.82, 2.24) is 19.8 Å². The van der Waals surface area contributed by atoms with Gasteiger partial charge in [-0.25, -0.2) is 4.79 Å². The Labute approximate surface area is 273 Å². The molecule has 0 aliphatic carbocycles. The van der Waals surface area contributed by atoms with Gasteiger partial charge in [0, 0.05) is 65.5 Å². The van der Waals surface area contributed by atoms with Gasteiger partial charge in [-0.3, -0.25) is 20.2 Å². The fraction of sp³-hybridized carbons (Fsp3) is 0.257. The van der Waals surface area contributed by atoms with E-state index in [0.29, 0.717) is 12.2 Å². The lowest BCUT2D eigenvalue weighted by atomic mass is 9.93. The summed E-state index contributed by atoms with van der Waals surface area (Å²) in [6.07, 6.45) is -0.863.